The van der Waals surface area contributed by atoms with Gasteiger partial charge in [0, 0.05) is 17.8 Å². The summed E-state index contributed by atoms with van der Waals surface area (Å²) in [6.45, 7) is 0.495. The molecule has 1 aliphatic rings. The molecule has 106 valence electrons. The van der Waals surface area contributed by atoms with E-state index in [1.807, 2.05) is 0 Å². The topological polar surface area (TPSA) is 57.6 Å². The predicted octanol–water partition coefficient (Wildman–Crippen LogP) is 2.73. The van der Waals surface area contributed by atoms with E-state index in [1.165, 1.54) is 30.3 Å². The summed E-state index contributed by atoms with van der Waals surface area (Å²) < 4.78 is 12.9. The van der Waals surface area contributed by atoms with Gasteiger partial charge in [0.2, 0.25) is 0 Å². The molecule has 0 fully saturated rings. The van der Waals surface area contributed by atoms with E-state index in [-0.39, 0.29) is 17.3 Å². The summed E-state index contributed by atoms with van der Waals surface area (Å²) in [5, 5.41) is 8.98. The van der Waals surface area contributed by atoms with Crippen LogP contribution in [0.25, 0.3) is 0 Å². The van der Waals surface area contributed by atoms with Crippen LogP contribution < -0.4 is 4.90 Å². The fourth-order valence-electron chi connectivity index (χ4n) is 2.49. The highest BCUT2D eigenvalue weighted by Crippen LogP contribution is 2.30. The molecule has 1 N–H and O–H groups in total. The summed E-state index contributed by atoms with van der Waals surface area (Å²) in [4.78, 5) is 25.0. The molecule has 21 heavy (non-hydrogen) atoms. The molecule has 0 spiro atoms. The zero-order valence-electron chi connectivity index (χ0n) is 11.0. The largest absolute Gasteiger partial charge is 0.478 e. The second kappa shape index (κ2) is 5.01. The van der Waals surface area contributed by atoms with E-state index < -0.39 is 5.97 Å². The molecule has 0 aliphatic carbocycles. The highest BCUT2D eigenvalue weighted by Gasteiger charge is 2.26. The average Bonchev–Trinajstić information content (AvgIpc) is 2.90. The molecule has 5 heteroatoms. The molecule has 0 radical (unpaired) electrons. The SMILES string of the molecule is O=C(O)c1ccc2c(c1)CCN2C(=O)c1ccc(F)cc1. The molecule has 0 atom stereocenters. The van der Waals surface area contributed by atoms with Crippen molar-refractivity contribution in [1.29, 1.82) is 0 Å². The Morgan fingerprint density at radius 1 is 1.05 bits per heavy atom. The van der Waals surface area contributed by atoms with Gasteiger partial charge in [0.25, 0.3) is 5.91 Å². The number of halogens is 1. The lowest BCUT2D eigenvalue weighted by molar-refractivity contribution is 0.0696. The highest BCUT2D eigenvalue weighted by atomic mass is 19.1. The number of nitrogens with zero attached hydrogens (tertiary/aromatic N) is 1. The van der Waals surface area contributed by atoms with E-state index in [9.17, 15) is 14.0 Å². The summed E-state index contributed by atoms with van der Waals surface area (Å²) in [7, 11) is 0. The normalized spacial score (nSPS) is 13.1. The van der Waals surface area contributed by atoms with Crippen molar-refractivity contribution in [3.63, 3.8) is 0 Å². The number of benzene rings is 2. The van der Waals surface area contributed by atoms with Crippen molar-refractivity contribution in [3.8, 4) is 0 Å². The van der Waals surface area contributed by atoms with Crippen LogP contribution in [0.2, 0.25) is 0 Å². The quantitative estimate of drug-likeness (QED) is 0.923. The van der Waals surface area contributed by atoms with Crippen LogP contribution in [0.4, 0.5) is 10.1 Å². The molecular weight excluding hydrogens is 273 g/mol. The molecule has 2 aromatic rings. The third-order valence-electron chi connectivity index (χ3n) is 3.56. The van der Waals surface area contributed by atoms with Crippen molar-refractivity contribution in [2.45, 2.75) is 6.42 Å². The molecule has 3 rings (SSSR count). The number of carboxylic acid groups (broad SMARTS) is 1. The Kier molecular flexibility index (Phi) is 3.17. The zero-order valence-corrected chi connectivity index (χ0v) is 11.0. The maximum absolute atomic E-state index is 12.9. The smallest absolute Gasteiger partial charge is 0.335 e. The Labute approximate surface area is 120 Å². The fourth-order valence-corrected chi connectivity index (χ4v) is 2.49. The van der Waals surface area contributed by atoms with E-state index in [0.717, 1.165) is 5.56 Å². The van der Waals surface area contributed by atoms with Gasteiger partial charge in [-0.05, 0) is 54.4 Å². The lowest BCUT2D eigenvalue weighted by Crippen LogP contribution is -2.28. The first kappa shape index (κ1) is 13.3. The third-order valence-corrected chi connectivity index (χ3v) is 3.56. The number of rotatable bonds is 2. The molecule has 1 amide bonds. The van der Waals surface area contributed by atoms with Crippen LogP contribution in [0, 0.1) is 5.82 Å². The van der Waals surface area contributed by atoms with Crippen LogP contribution in [-0.2, 0) is 6.42 Å². The Balaban J connectivity index is 1.92. The first-order chi connectivity index (χ1) is 10.1. The average molecular weight is 285 g/mol. The van der Waals surface area contributed by atoms with E-state index >= 15 is 0 Å². The molecular formula is C16H12FNO3. The van der Waals surface area contributed by atoms with Gasteiger partial charge in [0.05, 0.1) is 5.56 Å². The van der Waals surface area contributed by atoms with Crippen molar-refractivity contribution < 1.29 is 19.1 Å². The molecule has 4 nitrogen and oxygen atoms in total. The highest BCUT2D eigenvalue weighted by molar-refractivity contribution is 6.07. The van der Waals surface area contributed by atoms with Gasteiger partial charge in [0.15, 0.2) is 0 Å². The number of fused-ring (bicyclic) bond motifs is 1. The van der Waals surface area contributed by atoms with Gasteiger partial charge in [-0.25, -0.2) is 9.18 Å². The van der Waals surface area contributed by atoms with Crippen molar-refractivity contribution in [3.05, 3.63) is 65.0 Å². The second-order valence-corrected chi connectivity index (χ2v) is 4.86. The zero-order chi connectivity index (χ0) is 15.0. The van der Waals surface area contributed by atoms with E-state index in [4.69, 9.17) is 5.11 Å². The summed E-state index contributed by atoms with van der Waals surface area (Å²) in [6, 6.07) is 10.1. The molecule has 0 bridgehead atoms. The van der Waals surface area contributed by atoms with Crippen molar-refractivity contribution in [2.24, 2.45) is 0 Å². The van der Waals surface area contributed by atoms with Gasteiger partial charge >= 0.3 is 5.97 Å². The Morgan fingerprint density at radius 3 is 2.38 bits per heavy atom. The minimum atomic E-state index is -0.985. The standard InChI is InChI=1S/C16H12FNO3/c17-13-4-1-10(2-5-13)15(19)18-8-7-11-9-12(16(20)21)3-6-14(11)18/h1-6,9H,7-8H2,(H,20,21). The third kappa shape index (κ3) is 2.38. The first-order valence-electron chi connectivity index (χ1n) is 6.50. The van der Waals surface area contributed by atoms with Gasteiger partial charge in [-0.3, -0.25) is 4.79 Å². The number of carbonyl (C=O) groups excluding carboxylic acids is 1. The Bertz CT molecular complexity index is 725. The van der Waals surface area contributed by atoms with Gasteiger partial charge < -0.3 is 10.0 Å². The monoisotopic (exact) mass is 285 g/mol. The molecule has 2 aromatic carbocycles. The van der Waals surface area contributed by atoms with Crippen molar-refractivity contribution in [1.82, 2.24) is 0 Å². The van der Waals surface area contributed by atoms with E-state index in [0.29, 0.717) is 24.2 Å². The summed E-state index contributed by atoms with van der Waals surface area (Å²) in [6.07, 6.45) is 0.614. The van der Waals surface area contributed by atoms with Gasteiger partial charge in [-0.15, -0.1) is 0 Å². The number of amides is 1. The number of carbonyl (C=O) groups is 2. The lowest BCUT2D eigenvalue weighted by Gasteiger charge is -2.17. The second-order valence-electron chi connectivity index (χ2n) is 4.86. The van der Waals surface area contributed by atoms with E-state index in [1.54, 1.807) is 17.0 Å². The molecule has 0 saturated carbocycles. The summed E-state index contributed by atoms with van der Waals surface area (Å²) in [5.41, 5.74) is 2.18. The number of carboxylic acids is 1. The number of hydrogen-bond donors (Lipinski definition) is 1. The molecule has 1 aliphatic heterocycles. The maximum atomic E-state index is 12.9. The summed E-state index contributed by atoms with van der Waals surface area (Å²) >= 11 is 0. The first-order valence-corrected chi connectivity index (χ1v) is 6.50. The molecule has 0 saturated heterocycles. The number of aromatic carboxylic acids is 1. The minimum absolute atomic E-state index is 0.211. The molecule has 0 aromatic heterocycles. The fraction of sp³-hybridized carbons (Fsp3) is 0.125. The van der Waals surface area contributed by atoms with Crippen LogP contribution in [0.1, 0.15) is 26.3 Å². The Hall–Kier alpha value is -2.69. The van der Waals surface area contributed by atoms with Crippen LogP contribution in [0.15, 0.2) is 42.5 Å². The maximum Gasteiger partial charge on any atom is 0.335 e. The lowest BCUT2D eigenvalue weighted by atomic mass is 10.1. The van der Waals surface area contributed by atoms with Crippen LogP contribution in [-0.4, -0.2) is 23.5 Å². The van der Waals surface area contributed by atoms with Crippen molar-refractivity contribution in [2.75, 3.05) is 11.4 Å². The van der Waals surface area contributed by atoms with Gasteiger partial charge in [-0.1, -0.05) is 0 Å². The van der Waals surface area contributed by atoms with E-state index in [2.05, 4.69) is 0 Å². The number of hydrogen-bond acceptors (Lipinski definition) is 2. The number of anilines is 1. The summed E-state index contributed by atoms with van der Waals surface area (Å²) in [5.74, 6) is -1.59. The Morgan fingerprint density at radius 2 is 1.71 bits per heavy atom. The van der Waals surface area contributed by atoms with Crippen LogP contribution in [0.5, 0.6) is 0 Å². The minimum Gasteiger partial charge on any atom is -0.478 e. The van der Waals surface area contributed by atoms with Crippen LogP contribution in [0.3, 0.4) is 0 Å². The predicted molar refractivity (Wildman–Crippen MR) is 75.2 cm³/mol. The molecule has 1 heterocycles. The van der Waals surface area contributed by atoms with Gasteiger partial charge in [-0.2, -0.15) is 0 Å². The van der Waals surface area contributed by atoms with Crippen LogP contribution >= 0.6 is 0 Å². The molecule has 0 unspecified atom stereocenters. The van der Waals surface area contributed by atoms with Gasteiger partial charge in [0.1, 0.15) is 5.82 Å². The van der Waals surface area contributed by atoms with Crippen molar-refractivity contribution >= 4 is 17.6 Å².